The van der Waals surface area contributed by atoms with Crippen LogP contribution >= 0.6 is 0 Å². The van der Waals surface area contributed by atoms with Gasteiger partial charge in [-0.1, -0.05) is 54.6 Å². The Labute approximate surface area is 202 Å². The molecule has 1 saturated carbocycles. The molecule has 0 bridgehead atoms. The van der Waals surface area contributed by atoms with Crippen molar-refractivity contribution in [3.05, 3.63) is 89.0 Å². The molecule has 2 N–H and O–H groups in total. The van der Waals surface area contributed by atoms with Gasteiger partial charge in [0.25, 0.3) is 0 Å². The molecule has 0 amide bonds. The van der Waals surface area contributed by atoms with Crippen LogP contribution in [0, 0.1) is 12.8 Å². The van der Waals surface area contributed by atoms with Crippen molar-refractivity contribution in [2.75, 3.05) is 6.61 Å². The Morgan fingerprint density at radius 1 is 1.06 bits per heavy atom. The van der Waals surface area contributed by atoms with Crippen molar-refractivity contribution < 1.29 is 14.6 Å². The van der Waals surface area contributed by atoms with E-state index in [1.807, 2.05) is 6.07 Å². The van der Waals surface area contributed by atoms with Crippen LogP contribution in [-0.2, 0) is 17.6 Å². The second-order valence-corrected chi connectivity index (χ2v) is 9.79. The molecule has 34 heavy (non-hydrogen) atoms. The molecule has 5 rings (SSSR count). The maximum Gasteiger partial charge on any atom is 0.306 e. The SMILES string of the molecule is Cc1cc(CCOc2ccc3c(c2)CCC[C@H]3NC2CC(C(=O)O)C2)ccc1-c1ccccc1. The van der Waals surface area contributed by atoms with Crippen LogP contribution in [0.1, 0.15) is 54.0 Å². The highest BCUT2D eigenvalue weighted by Crippen LogP contribution is 2.36. The average molecular weight is 456 g/mol. The number of rotatable bonds is 8. The van der Waals surface area contributed by atoms with Crippen molar-refractivity contribution in [1.29, 1.82) is 0 Å². The number of aliphatic carboxylic acids is 1. The quantitative estimate of drug-likeness (QED) is 0.430. The van der Waals surface area contributed by atoms with E-state index in [1.165, 1.54) is 33.4 Å². The van der Waals surface area contributed by atoms with Crippen molar-refractivity contribution in [1.82, 2.24) is 5.32 Å². The number of carboxylic acid groups (broad SMARTS) is 1. The molecule has 4 nitrogen and oxygen atoms in total. The molecule has 0 saturated heterocycles. The summed E-state index contributed by atoms with van der Waals surface area (Å²) < 4.78 is 6.13. The summed E-state index contributed by atoms with van der Waals surface area (Å²) in [7, 11) is 0. The Bertz CT molecular complexity index is 1150. The fourth-order valence-corrected chi connectivity index (χ4v) is 5.40. The summed E-state index contributed by atoms with van der Waals surface area (Å²) in [6.45, 7) is 2.83. The first-order valence-corrected chi connectivity index (χ1v) is 12.5. The highest BCUT2D eigenvalue weighted by molar-refractivity contribution is 5.71. The number of carboxylic acids is 1. The Morgan fingerprint density at radius 2 is 1.88 bits per heavy atom. The van der Waals surface area contributed by atoms with Gasteiger partial charge in [0.05, 0.1) is 12.5 Å². The number of aryl methyl sites for hydroxylation is 2. The number of ether oxygens (including phenoxy) is 1. The minimum atomic E-state index is -0.661. The molecule has 0 heterocycles. The summed E-state index contributed by atoms with van der Waals surface area (Å²) in [5.74, 6) is 0.104. The topological polar surface area (TPSA) is 58.6 Å². The lowest BCUT2D eigenvalue weighted by Crippen LogP contribution is -2.46. The van der Waals surface area contributed by atoms with Gasteiger partial charge in [-0.2, -0.15) is 0 Å². The molecule has 2 aliphatic carbocycles. The van der Waals surface area contributed by atoms with E-state index in [4.69, 9.17) is 9.84 Å². The van der Waals surface area contributed by atoms with Crippen molar-refractivity contribution in [3.63, 3.8) is 0 Å². The van der Waals surface area contributed by atoms with E-state index in [0.717, 1.165) is 44.3 Å². The van der Waals surface area contributed by atoms with Gasteiger partial charge in [0.2, 0.25) is 0 Å². The van der Waals surface area contributed by atoms with Crippen molar-refractivity contribution >= 4 is 5.97 Å². The minimum absolute atomic E-state index is 0.172. The zero-order chi connectivity index (χ0) is 23.5. The third-order valence-corrected chi connectivity index (χ3v) is 7.39. The van der Waals surface area contributed by atoms with Crippen LogP contribution in [0.25, 0.3) is 11.1 Å². The van der Waals surface area contributed by atoms with E-state index in [-0.39, 0.29) is 5.92 Å². The maximum absolute atomic E-state index is 11.1. The van der Waals surface area contributed by atoms with Gasteiger partial charge in [-0.05, 0) is 84.5 Å². The molecule has 0 unspecified atom stereocenters. The predicted molar refractivity (Wildman–Crippen MR) is 135 cm³/mol. The summed E-state index contributed by atoms with van der Waals surface area (Å²) in [6.07, 6.45) is 5.70. The third kappa shape index (κ3) is 5.02. The summed E-state index contributed by atoms with van der Waals surface area (Å²) in [5.41, 5.74) is 7.83. The van der Waals surface area contributed by atoms with E-state index in [9.17, 15) is 4.79 Å². The molecule has 0 aromatic heterocycles. The normalized spacial score (nSPS) is 21.4. The van der Waals surface area contributed by atoms with Crippen LogP contribution in [0.5, 0.6) is 5.75 Å². The lowest BCUT2D eigenvalue weighted by Gasteiger charge is -2.38. The number of benzene rings is 3. The fourth-order valence-electron chi connectivity index (χ4n) is 5.40. The summed E-state index contributed by atoms with van der Waals surface area (Å²) >= 11 is 0. The molecular weight excluding hydrogens is 422 g/mol. The van der Waals surface area contributed by atoms with Crippen molar-refractivity contribution in [2.24, 2.45) is 5.92 Å². The van der Waals surface area contributed by atoms with E-state index in [0.29, 0.717) is 18.7 Å². The molecule has 4 heteroatoms. The molecule has 0 spiro atoms. The second-order valence-electron chi connectivity index (χ2n) is 9.79. The average Bonchev–Trinajstić information content (AvgIpc) is 2.81. The van der Waals surface area contributed by atoms with Gasteiger partial charge in [-0.15, -0.1) is 0 Å². The standard InChI is InChI=1S/C30H33NO3/c1-20-16-21(10-12-27(20)22-6-3-2-4-7-22)14-15-34-26-11-13-28-23(19-26)8-5-9-29(28)31-25-17-24(18-25)30(32)33/h2-4,6-7,10-13,16,19,24-25,29,31H,5,8-9,14-15,17-18H2,1H3,(H,32,33)/t24?,25?,29-/m1/s1. The van der Waals surface area contributed by atoms with Gasteiger partial charge in [0.15, 0.2) is 0 Å². The predicted octanol–water partition coefficient (Wildman–Crippen LogP) is 6.11. The molecular formula is C30H33NO3. The van der Waals surface area contributed by atoms with Crippen LogP contribution in [0.2, 0.25) is 0 Å². The van der Waals surface area contributed by atoms with Gasteiger partial charge >= 0.3 is 5.97 Å². The first-order valence-electron chi connectivity index (χ1n) is 12.5. The monoisotopic (exact) mass is 455 g/mol. The number of hydrogen-bond donors (Lipinski definition) is 2. The van der Waals surface area contributed by atoms with E-state index in [1.54, 1.807) is 0 Å². The number of hydrogen-bond acceptors (Lipinski definition) is 3. The van der Waals surface area contributed by atoms with Gasteiger partial charge in [-0.25, -0.2) is 0 Å². The molecule has 2 aliphatic rings. The lowest BCUT2D eigenvalue weighted by molar-refractivity contribution is -0.145. The minimum Gasteiger partial charge on any atom is -0.493 e. The molecule has 3 aromatic rings. The number of carbonyl (C=O) groups is 1. The molecule has 176 valence electrons. The molecule has 3 aromatic carbocycles. The molecule has 1 fully saturated rings. The van der Waals surface area contributed by atoms with Crippen LogP contribution in [0.3, 0.4) is 0 Å². The Kier molecular flexibility index (Phi) is 6.68. The summed E-state index contributed by atoms with van der Waals surface area (Å²) in [4.78, 5) is 11.1. The second kappa shape index (κ2) is 10.0. The zero-order valence-electron chi connectivity index (χ0n) is 19.8. The summed E-state index contributed by atoms with van der Waals surface area (Å²) in [5, 5.41) is 12.8. The first kappa shape index (κ1) is 22.7. The third-order valence-electron chi connectivity index (χ3n) is 7.39. The Balaban J connectivity index is 1.16. The largest absolute Gasteiger partial charge is 0.493 e. The maximum atomic E-state index is 11.1. The lowest BCUT2D eigenvalue weighted by atomic mass is 9.78. The Hall–Kier alpha value is -3.11. The van der Waals surface area contributed by atoms with Gasteiger partial charge in [-0.3, -0.25) is 4.79 Å². The van der Waals surface area contributed by atoms with Crippen LogP contribution in [0.15, 0.2) is 66.7 Å². The van der Waals surface area contributed by atoms with E-state index in [2.05, 4.69) is 72.9 Å². The van der Waals surface area contributed by atoms with Crippen LogP contribution < -0.4 is 10.1 Å². The van der Waals surface area contributed by atoms with Crippen LogP contribution in [0.4, 0.5) is 0 Å². The first-order chi connectivity index (χ1) is 16.6. The van der Waals surface area contributed by atoms with Gasteiger partial charge in [0, 0.05) is 18.5 Å². The smallest absolute Gasteiger partial charge is 0.306 e. The summed E-state index contributed by atoms with van der Waals surface area (Å²) in [6, 6.07) is 24.3. The molecule has 0 radical (unpaired) electrons. The zero-order valence-corrected chi connectivity index (χ0v) is 19.8. The van der Waals surface area contributed by atoms with Crippen molar-refractivity contribution in [3.8, 4) is 16.9 Å². The fraction of sp³-hybridized carbons (Fsp3) is 0.367. The van der Waals surface area contributed by atoms with E-state index < -0.39 is 5.97 Å². The molecule has 0 aliphatic heterocycles. The highest BCUT2D eigenvalue weighted by atomic mass is 16.5. The van der Waals surface area contributed by atoms with Gasteiger partial charge in [0.1, 0.15) is 5.75 Å². The Morgan fingerprint density at radius 3 is 2.65 bits per heavy atom. The van der Waals surface area contributed by atoms with Crippen molar-refractivity contribution in [2.45, 2.75) is 57.5 Å². The number of fused-ring (bicyclic) bond motifs is 1. The van der Waals surface area contributed by atoms with Gasteiger partial charge < -0.3 is 15.2 Å². The molecule has 1 atom stereocenters. The van der Waals surface area contributed by atoms with Crippen LogP contribution in [-0.4, -0.2) is 23.7 Å². The number of nitrogens with one attached hydrogen (secondary N) is 1. The highest BCUT2D eigenvalue weighted by Gasteiger charge is 2.36. The van der Waals surface area contributed by atoms with E-state index >= 15 is 0 Å².